The zero-order chi connectivity index (χ0) is 18.5. The van der Waals surface area contributed by atoms with Crippen LogP contribution in [0, 0.1) is 0 Å². The molecule has 0 bridgehead atoms. The zero-order valence-corrected chi connectivity index (χ0v) is 14.5. The van der Waals surface area contributed by atoms with E-state index in [1.807, 2.05) is 30.3 Å². The van der Waals surface area contributed by atoms with Crippen LogP contribution < -0.4 is 11.1 Å². The molecule has 0 spiro atoms. The minimum atomic E-state index is -1.21. The van der Waals surface area contributed by atoms with Gasteiger partial charge in [-0.1, -0.05) is 36.4 Å². The third kappa shape index (κ3) is 3.99. The summed E-state index contributed by atoms with van der Waals surface area (Å²) in [6, 6.07) is 19.6. The number of nitrogens with one attached hydrogen (secondary N) is 1. The average Bonchev–Trinajstić information content (AvgIpc) is 3.10. The fraction of sp³-hybridized carbons (Fsp3) is 0. The van der Waals surface area contributed by atoms with E-state index >= 15 is 0 Å². The summed E-state index contributed by atoms with van der Waals surface area (Å²) in [5.41, 5.74) is 7.73. The monoisotopic (exact) mass is 364 g/mol. The van der Waals surface area contributed by atoms with Crippen molar-refractivity contribution in [3.05, 3.63) is 82.9 Å². The van der Waals surface area contributed by atoms with Gasteiger partial charge in [-0.3, -0.25) is 4.79 Å². The van der Waals surface area contributed by atoms with E-state index in [1.165, 1.54) is 17.4 Å². The SMILES string of the molecule is Nc1ccccc1-c1ccc(/C=C(/NC(=O)c2ccccc2)C(=O)O)s1. The van der Waals surface area contributed by atoms with Crippen LogP contribution in [-0.2, 0) is 4.79 Å². The van der Waals surface area contributed by atoms with Gasteiger partial charge < -0.3 is 16.2 Å². The van der Waals surface area contributed by atoms with Crippen LogP contribution in [0.4, 0.5) is 5.69 Å². The fourth-order valence-electron chi connectivity index (χ4n) is 2.37. The van der Waals surface area contributed by atoms with Gasteiger partial charge in [0.2, 0.25) is 0 Å². The van der Waals surface area contributed by atoms with Crippen LogP contribution in [0.25, 0.3) is 16.5 Å². The van der Waals surface area contributed by atoms with E-state index in [0.717, 1.165) is 10.4 Å². The number of nitrogen functional groups attached to an aromatic ring is 1. The van der Waals surface area contributed by atoms with Crippen molar-refractivity contribution in [2.45, 2.75) is 0 Å². The molecule has 130 valence electrons. The third-order valence-corrected chi connectivity index (χ3v) is 4.72. The van der Waals surface area contributed by atoms with E-state index in [9.17, 15) is 14.7 Å². The number of carboxylic acids is 1. The Kier molecular flexibility index (Phi) is 5.15. The van der Waals surface area contributed by atoms with Crippen LogP contribution in [0.3, 0.4) is 0 Å². The molecule has 3 rings (SSSR count). The summed E-state index contributed by atoms with van der Waals surface area (Å²) in [5, 5.41) is 11.8. The van der Waals surface area contributed by atoms with Gasteiger partial charge in [0.25, 0.3) is 5.91 Å². The first-order valence-electron chi connectivity index (χ1n) is 7.80. The Hall–Kier alpha value is -3.38. The Morgan fingerprint density at radius 1 is 0.962 bits per heavy atom. The van der Waals surface area contributed by atoms with Crippen molar-refractivity contribution in [1.29, 1.82) is 0 Å². The molecule has 2 aromatic carbocycles. The maximum atomic E-state index is 12.2. The molecule has 0 aliphatic carbocycles. The molecule has 4 N–H and O–H groups in total. The standard InChI is InChI=1S/C20H16N2O3S/c21-16-9-5-4-8-15(16)18-11-10-14(26-18)12-17(20(24)25)22-19(23)13-6-2-1-3-7-13/h1-12H,21H2,(H,22,23)(H,24,25)/b17-12+. The van der Waals surface area contributed by atoms with Gasteiger partial charge in [0.15, 0.2) is 0 Å². The van der Waals surface area contributed by atoms with Gasteiger partial charge in [-0.2, -0.15) is 0 Å². The van der Waals surface area contributed by atoms with E-state index in [0.29, 0.717) is 16.1 Å². The maximum absolute atomic E-state index is 12.2. The molecular weight excluding hydrogens is 348 g/mol. The first-order valence-corrected chi connectivity index (χ1v) is 8.62. The average molecular weight is 364 g/mol. The lowest BCUT2D eigenvalue weighted by atomic mass is 10.1. The Balaban J connectivity index is 1.85. The molecule has 3 aromatic rings. The van der Waals surface area contributed by atoms with Gasteiger partial charge >= 0.3 is 5.97 Å². The van der Waals surface area contributed by atoms with Crippen LogP contribution in [0.1, 0.15) is 15.2 Å². The molecule has 0 saturated carbocycles. The first kappa shape index (κ1) is 17.4. The summed E-state index contributed by atoms with van der Waals surface area (Å²) >= 11 is 1.40. The van der Waals surface area contributed by atoms with Crippen molar-refractivity contribution < 1.29 is 14.7 Å². The second-order valence-electron chi connectivity index (χ2n) is 5.47. The summed E-state index contributed by atoms with van der Waals surface area (Å²) in [6.45, 7) is 0. The number of hydrogen-bond donors (Lipinski definition) is 3. The predicted molar refractivity (Wildman–Crippen MR) is 104 cm³/mol. The number of aliphatic carboxylic acids is 1. The van der Waals surface area contributed by atoms with Crippen molar-refractivity contribution >= 4 is 35.0 Å². The lowest BCUT2D eigenvalue weighted by Gasteiger charge is -2.05. The van der Waals surface area contributed by atoms with Gasteiger partial charge in [-0.15, -0.1) is 11.3 Å². The van der Waals surface area contributed by atoms with Crippen LogP contribution >= 0.6 is 11.3 Å². The van der Waals surface area contributed by atoms with Gasteiger partial charge in [-0.25, -0.2) is 4.79 Å². The fourth-order valence-corrected chi connectivity index (χ4v) is 3.37. The molecule has 0 fully saturated rings. The Morgan fingerprint density at radius 3 is 2.35 bits per heavy atom. The second-order valence-corrected chi connectivity index (χ2v) is 6.59. The van der Waals surface area contributed by atoms with Crippen molar-refractivity contribution in [3.63, 3.8) is 0 Å². The minimum absolute atomic E-state index is 0.187. The number of carbonyl (C=O) groups excluding carboxylic acids is 1. The lowest BCUT2D eigenvalue weighted by Crippen LogP contribution is -2.27. The summed E-state index contributed by atoms with van der Waals surface area (Å²) in [4.78, 5) is 25.3. The van der Waals surface area contributed by atoms with Crippen molar-refractivity contribution in [3.8, 4) is 10.4 Å². The number of thiophene rings is 1. The number of nitrogens with two attached hydrogens (primary N) is 1. The topological polar surface area (TPSA) is 92.4 Å². The normalized spacial score (nSPS) is 11.2. The number of hydrogen-bond acceptors (Lipinski definition) is 4. The van der Waals surface area contributed by atoms with Crippen LogP contribution in [0.2, 0.25) is 0 Å². The van der Waals surface area contributed by atoms with Gasteiger partial charge in [-0.05, 0) is 36.4 Å². The first-order chi connectivity index (χ1) is 12.5. The molecule has 1 aromatic heterocycles. The predicted octanol–water partition coefficient (Wildman–Crippen LogP) is 3.85. The van der Waals surface area contributed by atoms with Crippen molar-refractivity contribution in [1.82, 2.24) is 5.32 Å². The third-order valence-electron chi connectivity index (χ3n) is 3.65. The van der Waals surface area contributed by atoms with E-state index < -0.39 is 11.9 Å². The molecule has 0 aliphatic rings. The summed E-state index contributed by atoms with van der Waals surface area (Å²) in [7, 11) is 0. The number of amides is 1. The highest BCUT2D eigenvalue weighted by Gasteiger charge is 2.14. The van der Waals surface area contributed by atoms with E-state index in [4.69, 9.17) is 5.73 Å². The van der Waals surface area contributed by atoms with Gasteiger partial charge in [0.1, 0.15) is 5.70 Å². The highest BCUT2D eigenvalue weighted by atomic mass is 32.1. The van der Waals surface area contributed by atoms with Crippen molar-refractivity contribution in [2.24, 2.45) is 0 Å². The highest BCUT2D eigenvalue weighted by molar-refractivity contribution is 7.16. The van der Waals surface area contributed by atoms with E-state index in [2.05, 4.69) is 5.32 Å². The second kappa shape index (κ2) is 7.67. The van der Waals surface area contributed by atoms with Crippen LogP contribution in [0.5, 0.6) is 0 Å². The van der Waals surface area contributed by atoms with E-state index in [-0.39, 0.29) is 5.70 Å². The molecule has 0 atom stereocenters. The van der Waals surface area contributed by atoms with Crippen LogP contribution in [0.15, 0.2) is 72.4 Å². The molecule has 1 amide bonds. The zero-order valence-electron chi connectivity index (χ0n) is 13.7. The molecule has 6 heteroatoms. The maximum Gasteiger partial charge on any atom is 0.352 e. The highest BCUT2D eigenvalue weighted by Crippen LogP contribution is 2.32. The van der Waals surface area contributed by atoms with Crippen molar-refractivity contribution in [2.75, 3.05) is 5.73 Å². The smallest absolute Gasteiger partial charge is 0.352 e. The number of rotatable bonds is 5. The number of anilines is 1. The molecule has 0 aliphatic heterocycles. The summed E-state index contributed by atoms with van der Waals surface area (Å²) in [5.74, 6) is -1.67. The molecule has 0 unspecified atom stereocenters. The molecule has 26 heavy (non-hydrogen) atoms. The molecule has 0 radical (unpaired) electrons. The molecule has 1 heterocycles. The Bertz CT molecular complexity index is 977. The number of carbonyl (C=O) groups is 2. The van der Waals surface area contributed by atoms with E-state index in [1.54, 1.807) is 36.4 Å². The largest absolute Gasteiger partial charge is 0.477 e. The number of para-hydroxylation sites is 1. The Labute approximate surface area is 154 Å². The number of benzene rings is 2. The summed E-state index contributed by atoms with van der Waals surface area (Å²) in [6.07, 6.45) is 1.44. The molecular formula is C20H16N2O3S. The van der Waals surface area contributed by atoms with Crippen LogP contribution in [-0.4, -0.2) is 17.0 Å². The summed E-state index contributed by atoms with van der Waals surface area (Å²) < 4.78 is 0. The van der Waals surface area contributed by atoms with Gasteiger partial charge in [0, 0.05) is 26.6 Å². The lowest BCUT2D eigenvalue weighted by molar-refractivity contribution is -0.132. The van der Waals surface area contributed by atoms with Gasteiger partial charge in [0.05, 0.1) is 0 Å². The molecule has 0 saturated heterocycles. The number of carboxylic acid groups (broad SMARTS) is 1. The quantitative estimate of drug-likeness (QED) is 0.473. The minimum Gasteiger partial charge on any atom is -0.477 e. The molecule has 5 nitrogen and oxygen atoms in total. The Morgan fingerprint density at radius 2 is 1.65 bits per heavy atom.